The van der Waals surface area contributed by atoms with Crippen molar-refractivity contribution in [3.8, 4) is 58.1 Å². The minimum atomic E-state index is -0.525. The molecule has 8 aromatic heterocycles. The fourth-order valence-electron chi connectivity index (χ4n) is 10.6. The van der Waals surface area contributed by atoms with Crippen molar-refractivity contribution in [2.45, 2.75) is 39.0 Å². The van der Waals surface area contributed by atoms with Crippen LogP contribution in [0.25, 0.3) is 33.8 Å². The molecule has 0 radical (unpaired) electrons. The molecule has 0 unspecified atom stereocenters. The van der Waals surface area contributed by atoms with Gasteiger partial charge in [-0.25, -0.2) is 39.7 Å². The third kappa shape index (κ3) is 29.3. The summed E-state index contributed by atoms with van der Waals surface area (Å²) < 4.78 is 45.9. The Hall–Kier alpha value is -13.7. The normalized spacial score (nSPS) is 10.6. The number of fused-ring (bicyclic) bond motifs is 2. The molecule has 638 valence electrons. The average molecular weight is 1920 g/mol. The molecule has 0 bridgehead atoms. The first-order chi connectivity index (χ1) is 59.8. The number of esters is 1. The molecule has 0 atom stereocenters. The molecule has 3 amide bonds. The van der Waals surface area contributed by atoms with Crippen LogP contribution >= 0.6 is 56.8 Å². The highest BCUT2D eigenvalue weighted by atomic mass is 127. The number of imidazole rings is 2. The van der Waals surface area contributed by atoms with Crippen molar-refractivity contribution in [3.05, 3.63) is 290 Å². The number of anilines is 3. The summed E-state index contributed by atoms with van der Waals surface area (Å²) in [5.41, 5.74) is 19.4. The van der Waals surface area contributed by atoms with Crippen LogP contribution in [0, 0.1) is 7.40 Å². The molecular weight excluding hydrogens is 1820 g/mol. The SMILES string of the molecule is C1CCOC1.CNc1cnc(CN)c(OC)n1.CNc1cnc(CNC(=O)c2ccccc2)c(OC)n1.COC(=O)c1cn2c(-c3ccccc3)ncc2c(OC)n1.COc1nc(I)cn2c(-c3ccccc3)ncc12.COc1nc(I)cnc1CNC(=O)c1ccccc1.COc1nc(N)cnc1CNC(=O)c1ccccc1.O=C(Cl)c1ccccc1. The third-order valence-electron chi connectivity index (χ3n) is 16.7. The monoisotopic (exact) mass is 1910 g/mol. The zero-order chi connectivity index (χ0) is 88.3. The molecule has 37 heteroatoms. The van der Waals surface area contributed by atoms with Gasteiger partial charge >= 0.3 is 5.97 Å². The van der Waals surface area contributed by atoms with Crippen molar-refractivity contribution < 1.29 is 61.9 Å². The second kappa shape index (κ2) is 51.0. The van der Waals surface area contributed by atoms with Crippen molar-refractivity contribution >= 4 is 114 Å². The van der Waals surface area contributed by atoms with E-state index in [1.807, 2.05) is 120 Å². The molecule has 9 N–H and O–H groups in total. The van der Waals surface area contributed by atoms with Crippen LogP contribution in [-0.2, 0) is 35.7 Å². The summed E-state index contributed by atoms with van der Waals surface area (Å²) in [7, 11) is 14.0. The number of nitrogens with one attached hydrogen (secondary N) is 5. The lowest BCUT2D eigenvalue weighted by Crippen LogP contribution is -2.23. The van der Waals surface area contributed by atoms with E-state index in [2.05, 4.69) is 132 Å². The molecule has 6 aromatic carbocycles. The minimum absolute atomic E-state index is 0.150. The molecule has 15 rings (SSSR count). The second-order valence-corrected chi connectivity index (χ2v) is 27.3. The summed E-state index contributed by atoms with van der Waals surface area (Å²) >= 11 is 9.39. The quantitative estimate of drug-likeness (QED) is 0.0188. The molecule has 34 nitrogen and oxygen atoms in total. The molecular formula is C86H90ClI2N21O13. The van der Waals surface area contributed by atoms with Gasteiger partial charge in [0.2, 0.25) is 35.3 Å². The van der Waals surface area contributed by atoms with Gasteiger partial charge in [-0.15, -0.1) is 0 Å². The Kier molecular flexibility index (Phi) is 39.3. The summed E-state index contributed by atoms with van der Waals surface area (Å²) in [6.45, 7) is 3.10. The van der Waals surface area contributed by atoms with Crippen LogP contribution < -0.4 is 66.5 Å². The van der Waals surface area contributed by atoms with Crippen LogP contribution in [0.3, 0.4) is 0 Å². The Bertz CT molecular complexity index is 5560. The predicted octanol–water partition coefficient (Wildman–Crippen LogP) is 12.5. The molecule has 1 aliphatic rings. The molecule has 123 heavy (non-hydrogen) atoms. The van der Waals surface area contributed by atoms with Gasteiger partial charge in [-0.3, -0.25) is 37.9 Å². The highest BCUT2D eigenvalue weighted by Crippen LogP contribution is 2.28. The van der Waals surface area contributed by atoms with Crippen molar-refractivity contribution in [1.82, 2.24) is 84.6 Å². The van der Waals surface area contributed by atoms with E-state index in [9.17, 15) is 24.0 Å². The van der Waals surface area contributed by atoms with E-state index in [-0.39, 0.29) is 48.9 Å². The summed E-state index contributed by atoms with van der Waals surface area (Å²) in [6, 6.07) is 55.4. The number of amides is 3. The zero-order valence-electron chi connectivity index (χ0n) is 68.5. The van der Waals surface area contributed by atoms with E-state index in [4.69, 9.17) is 61.0 Å². The van der Waals surface area contributed by atoms with E-state index in [0.717, 1.165) is 43.1 Å². The Morgan fingerprint density at radius 2 is 0.764 bits per heavy atom. The number of benzene rings is 6. The van der Waals surface area contributed by atoms with Crippen LogP contribution in [0.2, 0.25) is 0 Å². The van der Waals surface area contributed by atoms with E-state index in [0.29, 0.717) is 110 Å². The van der Waals surface area contributed by atoms with Gasteiger partial charge < -0.3 is 75.9 Å². The van der Waals surface area contributed by atoms with Crippen LogP contribution in [0.4, 0.5) is 17.5 Å². The molecule has 0 aliphatic carbocycles. The number of carbonyl (C=O) groups is 5. The Morgan fingerprint density at radius 1 is 0.415 bits per heavy atom. The molecule has 14 aromatic rings. The van der Waals surface area contributed by atoms with E-state index < -0.39 is 11.2 Å². The molecule has 1 fully saturated rings. The van der Waals surface area contributed by atoms with Gasteiger partial charge in [0.1, 0.15) is 70.3 Å². The van der Waals surface area contributed by atoms with Gasteiger partial charge in [0.25, 0.3) is 23.0 Å². The number of nitrogens with zero attached hydrogens (tertiary/aromatic N) is 14. The number of carbonyl (C=O) groups excluding carboxylic acids is 5. The van der Waals surface area contributed by atoms with Crippen LogP contribution in [0.1, 0.15) is 87.5 Å². The highest BCUT2D eigenvalue weighted by Gasteiger charge is 2.19. The van der Waals surface area contributed by atoms with Crippen LogP contribution in [0.15, 0.2) is 232 Å². The third-order valence-corrected chi connectivity index (χ3v) is 18.0. The average Bonchev–Trinajstić information content (AvgIpc) is 1.65. The summed E-state index contributed by atoms with van der Waals surface area (Å²) in [5.74, 6) is 4.67. The maximum Gasteiger partial charge on any atom is 0.358 e. The lowest BCUT2D eigenvalue weighted by Gasteiger charge is -2.09. The number of aromatic nitrogens is 14. The van der Waals surface area contributed by atoms with Crippen molar-refractivity contribution in [2.24, 2.45) is 5.73 Å². The van der Waals surface area contributed by atoms with Crippen LogP contribution in [0.5, 0.6) is 35.3 Å². The minimum Gasteiger partial charge on any atom is -0.480 e. The van der Waals surface area contributed by atoms with E-state index in [1.54, 1.807) is 143 Å². The zero-order valence-corrected chi connectivity index (χ0v) is 73.5. The van der Waals surface area contributed by atoms with Crippen molar-refractivity contribution in [3.63, 3.8) is 0 Å². The maximum absolute atomic E-state index is 11.9. The smallest absolute Gasteiger partial charge is 0.358 e. The Labute approximate surface area is 741 Å². The standard InChI is InChI=1S/C15H13N3O3.C14H16N4O2.C13H12IN3O2.C13H10IN3O.C13H14N4O2.C7H5ClO.C7H12N4O.C4H8O/c1-20-14-12-8-16-13(10-6-4-3-5-7-10)18(12)9-11(17-14)15(19)21-2;1-15-12-9-16-11(14(18-12)20-2)8-17-13(19)10-6-4-3-5-7-10;1-19-13-10(15-8-11(14)17-13)7-16-12(18)9-5-3-2-4-6-9;1-18-13-10-7-15-12(9-5-3-2-4-6-9)17(10)8-11(14)16-13;1-19-13-10(15-8-11(14)17-13)7-16-12(18)9-5-3-2-4-6-9;8-7(9)6-4-2-1-3-5-6;1-9-6-4-10-5(3-8)7(11-6)12-2;1-2-4-5-3-1/h3-9H,1-2H3;3-7,9H,8H2,1-2H3,(H,15,18)(H,17,19);2-6,8H,7H2,1H3,(H,16,18);2-8H,1H3;2-6,8H,7H2,1H3,(H2,14,17)(H,16,18);1-5H;4H,3,8H2,1-2H3,(H,9,11);1-4H2. The number of hydrogen-bond donors (Lipinski definition) is 7. The van der Waals surface area contributed by atoms with Gasteiger partial charge in [0.15, 0.2) is 5.69 Å². The van der Waals surface area contributed by atoms with Crippen molar-refractivity contribution in [1.29, 1.82) is 0 Å². The lowest BCUT2D eigenvalue weighted by atomic mass is 10.2. The Morgan fingerprint density at radius 3 is 1.14 bits per heavy atom. The summed E-state index contributed by atoms with van der Waals surface area (Å²) in [4.78, 5) is 108. The summed E-state index contributed by atoms with van der Waals surface area (Å²) in [6.07, 6.45) is 15.8. The number of halogens is 3. The highest BCUT2D eigenvalue weighted by molar-refractivity contribution is 14.1. The van der Waals surface area contributed by atoms with Crippen LogP contribution in [-0.4, -0.2) is 175 Å². The van der Waals surface area contributed by atoms with E-state index >= 15 is 0 Å². The molecule has 0 spiro atoms. The first-order valence-corrected chi connectivity index (χ1v) is 39.9. The summed E-state index contributed by atoms with van der Waals surface area (Å²) in [5, 5.41) is 13.6. The molecule has 1 aliphatic heterocycles. The van der Waals surface area contributed by atoms with Crippen molar-refractivity contribution in [2.75, 3.05) is 93.4 Å². The molecule has 0 saturated carbocycles. The number of ether oxygens (including phenoxy) is 8. The number of nitrogens with two attached hydrogens (primary N) is 2. The first kappa shape index (κ1) is 94.8. The number of methoxy groups -OCH3 is 7. The van der Waals surface area contributed by atoms with Gasteiger partial charge in [-0.1, -0.05) is 146 Å². The number of hydrogen-bond acceptors (Lipinski definition) is 29. The van der Waals surface area contributed by atoms with Gasteiger partial charge in [-0.05, 0) is 106 Å². The second-order valence-electron chi connectivity index (χ2n) is 24.7. The van der Waals surface area contributed by atoms with Gasteiger partial charge in [0, 0.05) is 79.6 Å². The Balaban J connectivity index is 0.000000178. The van der Waals surface area contributed by atoms with Gasteiger partial charge in [-0.2, -0.15) is 15.0 Å². The number of rotatable bonds is 22. The fourth-order valence-corrected chi connectivity index (χ4v) is 11.6. The van der Waals surface area contributed by atoms with Gasteiger partial charge in [0.05, 0.1) is 107 Å². The first-order valence-electron chi connectivity index (χ1n) is 37.4. The largest absolute Gasteiger partial charge is 0.480 e. The molecule has 1 saturated heterocycles. The fraction of sp³-hybridized carbons (Fsp3) is 0.198. The number of nitrogen functional groups attached to an aromatic ring is 1. The maximum atomic E-state index is 11.9. The van der Waals surface area contributed by atoms with E-state index in [1.165, 1.54) is 54.6 Å². The lowest BCUT2D eigenvalue weighted by molar-refractivity contribution is 0.0591. The predicted molar refractivity (Wildman–Crippen MR) is 482 cm³/mol. The topological polar surface area (TPSA) is 435 Å². The molecule has 9 heterocycles.